The summed E-state index contributed by atoms with van der Waals surface area (Å²) in [7, 11) is 5.52. The first-order chi connectivity index (χ1) is 17.0. The van der Waals surface area contributed by atoms with E-state index in [0.29, 0.717) is 6.54 Å². The normalized spacial score (nSPS) is 27.8. The molecule has 3 aromatic carbocycles. The number of hydroxylamine groups is 1. The lowest BCUT2D eigenvalue weighted by atomic mass is 9.57. The van der Waals surface area contributed by atoms with Crippen LogP contribution in [0.15, 0.2) is 54.6 Å². The van der Waals surface area contributed by atoms with Gasteiger partial charge < -0.3 is 18.9 Å². The number of hydrogen-bond acceptors (Lipinski definition) is 7. The summed E-state index contributed by atoms with van der Waals surface area (Å²) < 4.78 is 23.1. The molecule has 7 heteroatoms. The van der Waals surface area contributed by atoms with Crippen molar-refractivity contribution in [3.63, 3.8) is 0 Å². The molecule has 2 bridgehead atoms. The zero-order valence-corrected chi connectivity index (χ0v) is 20.3. The van der Waals surface area contributed by atoms with Crippen molar-refractivity contribution in [2.45, 2.75) is 37.1 Å². The fourth-order valence-corrected chi connectivity index (χ4v) is 6.83. The molecule has 0 amide bonds. The van der Waals surface area contributed by atoms with Gasteiger partial charge in [-0.15, -0.1) is 0 Å². The summed E-state index contributed by atoms with van der Waals surface area (Å²) in [6.45, 7) is 3.20. The molecular formula is C28H28N2O5. The van der Waals surface area contributed by atoms with Gasteiger partial charge in [0, 0.05) is 23.1 Å². The lowest BCUT2D eigenvalue weighted by Crippen LogP contribution is -2.70. The molecule has 0 saturated carbocycles. The highest BCUT2D eigenvalue weighted by Gasteiger charge is 2.68. The number of para-hydroxylation sites is 1. The van der Waals surface area contributed by atoms with Gasteiger partial charge in [0.2, 0.25) is 6.79 Å². The summed E-state index contributed by atoms with van der Waals surface area (Å²) in [6.07, 6.45) is 0.862. The molecule has 4 heterocycles. The van der Waals surface area contributed by atoms with Crippen LogP contribution < -0.4 is 24.0 Å². The summed E-state index contributed by atoms with van der Waals surface area (Å²) in [6, 6.07) is 18.8. The van der Waals surface area contributed by atoms with Crippen LogP contribution in [0.1, 0.15) is 41.6 Å². The second-order valence-electron chi connectivity index (χ2n) is 9.92. The average Bonchev–Trinajstić information content (AvgIpc) is 3.35. The van der Waals surface area contributed by atoms with E-state index in [9.17, 15) is 0 Å². The minimum Gasteiger partial charge on any atom is -0.493 e. The number of fused-ring (bicyclic) bond motifs is 3. The van der Waals surface area contributed by atoms with Gasteiger partial charge in [0.25, 0.3) is 0 Å². The third-order valence-corrected chi connectivity index (χ3v) is 8.32. The van der Waals surface area contributed by atoms with Crippen molar-refractivity contribution >= 4 is 5.69 Å². The van der Waals surface area contributed by atoms with Crippen molar-refractivity contribution < 1.29 is 23.8 Å². The van der Waals surface area contributed by atoms with Gasteiger partial charge in [-0.1, -0.05) is 31.2 Å². The molecule has 3 atom stereocenters. The Bertz CT molecular complexity index is 1340. The number of hydrogen-bond donors (Lipinski definition) is 0. The van der Waals surface area contributed by atoms with E-state index in [1.54, 1.807) is 14.2 Å². The van der Waals surface area contributed by atoms with Crippen LogP contribution in [0.25, 0.3) is 0 Å². The molecule has 1 aliphatic carbocycles. The summed E-state index contributed by atoms with van der Waals surface area (Å²) in [5, 5.41) is 2.09. The monoisotopic (exact) mass is 472 g/mol. The van der Waals surface area contributed by atoms with Gasteiger partial charge in [-0.25, -0.2) is 9.90 Å². The summed E-state index contributed by atoms with van der Waals surface area (Å²) in [5.41, 5.74) is 4.66. The Morgan fingerprint density at radius 3 is 2.46 bits per heavy atom. The highest BCUT2D eigenvalue weighted by molar-refractivity contribution is 5.63. The van der Waals surface area contributed by atoms with Gasteiger partial charge >= 0.3 is 0 Å². The van der Waals surface area contributed by atoms with Crippen LogP contribution in [0.5, 0.6) is 23.0 Å². The van der Waals surface area contributed by atoms with E-state index < -0.39 is 5.72 Å². The summed E-state index contributed by atoms with van der Waals surface area (Å²) >= 11 is 0. The zero-order valence-electron chi connectivity index (χ0n) is 20.3. The molecule has 0 unspecified atom stereocenters. The van der Waals surface area contributed by atoms with E-state index in [2.05, 4.69) is 66.4 Å². The van der Waals surface area contributed by atoms with Crippen LogP contribution in [0.3, 0.4) is 0 Å². The topological polar surface area (TPSA) is 52.6 Å². The van der Waals surface area contributed by atoms with Gasteiger partial charge in [0.15, 0.2) is 28.7 Å². The molecule has 8 rings (SSSR count). The number of anilines is 1. The van der Waals surface area contributed by atoms with Gasteiger partial charge in [-0.05, 0) is 54.9 Å². The van der Waals surface area contributed by atoms with E-state index >= 15 is 0 Å². The molecule has 35 heavy (non-hydrogen) atoms. The Morgan fingerprint density at radius 1 is 0.943 bits per heavy atom. The lowest BCUT2D eigenvalue weighted by molar-refractivity contribution is -0.263. The molecule has 7 nitrogen and oxygen atoms in total. The molecule has 1 saturated heterocycles. The minimum atomic E-state index is -0.749. The van der Waals surface area contributed by atoms with E-state index in [4.69, 9.17) is 23.8 Å². The van der Waals surface area contributed by atoms with Gasteiger partial charge in [-0.3, -0.25) is 4.90 Å². The van der Waals surface area contributed by atoms with E-state index in [1.807, 2.05) is 12.1 Å². The van der Waals surface area contributed by atoms with Crippen molar-refractivity contribution in [1.82, 2.24) is 4.90 Å². The average molecular weight is 473 g/mol. The third kappa shape index (κ3) is 2.47. The van der Waals surface area contributed by atoms with Crippen molar-refractivity contribution in [2.24, 2.45) is 0 Å². The smallest absolute Gasteiger partial charge is 0.231 e. The fourth-order valence-electron chi connectivity index (χ4n) is 6.83. The Hall–Kier alpha value is -3.42. The quantitative estimate of drug-likeness (QED) is 0.538. The van der Waals surface area contributed by atoms with Crippen LogP contribution in [-0.4, -0.2) is 33.0 Å². The maximum Gasteiger partial charge on any atom is 0.231 e. The van der Waals surface area contributed by atoms with E-state index in [1.165, 1.54) is 11.1 Å². The molecule has 0 radical (unpaired) electrons. The predicted octanol–water partition coefficient (Wildman–Crippen LogP) is 4.89. The van der Waals surface area contributed by atoms with Crippen LogP contribution in [0, 0.1) is 0 Å². The second-order valence-corrected chi connectivity index (χ2v) is 9.92. The molecule has 5 aliphatic rings. The van der Waals surface area contributed by atoms with Crippen molar-refractivity contribution in [1.29, 1.82) is 0 Å². The first-order valence-electron chi connectivity index (χ1n) is 11.9. The maximum atomic E-state index is 7.14. The summed E-state index contributed by atoms with van der Waals surface area (Å²) in [4.78, 5) is 9.45. The highest BCUT2D eigenvalue weighted by Crippen LogP contribution is 2.67. The molecule has 0 aromatic heterocycles. The molecule has 3 aromatic rings. The number of ether oxygens (including phenoxy) is 4. The fraction of sp³-hybridized carbons (Fsp3) is 0.357. The van der Waals surface area contributed by atoms with Gasteiger partial charge in [0.1, 0.15) is 0 Å². The zero-order chi connectivity index (χ0) is 23.9. The van der Waals surface area contributed by atoms with Crippen LogP contribution in [0.4, 0.5) is 5.69 Å². The predicted molar refractivity (Wildman–Crippen MR) is 130 cm³/mol. The molecule has 4 aliphatic heterocycles. The molecule has 1 fully saturated rings. The summed E-state index contributed by atoms with van der Waals surface area (Å²) in [5.74, 6) is 3.11. The van der Waals surface area contributed by atoms with E-state index in [-0.39, 0.29) is 18.2 Å². The molecular weight excluding hydrogens is 444 g/mol. The molecule has 1 spiro atoms. The highest BCUT2D eigenvalue weighted by atomic mass is 16.7. The van der Waals surface area contributed by atoms with Crippen LogP contribution in [0.2, 0.25) is 0 Å². The Morgan fingerprint density at radius 2 is 1.71 bits per heavy atom. The standard InChI is InChI=1S/C28H28N2O5/c1-27-14-22-18-12-24-25(34-16-33-24)13-21(18)28(27,35-30(22)17-8-6-5-7-9-17)29(2)15-19-20(27)10-11-23(31-3)26(19)32-4/h5-13,22H,14-16H2,1-4H3/t22-,27-,28-/m1/s1. The van der Waals surface area contributed by atoms with Crippen molar-refractivity contribution in [3.05, 3.63) is 76.9 Å². The SMILES string of the molecule is COc1ccc2c(c1OC)CN(C)[C@]13ON(c4ccccc4)[C@H](C[C@]21C)c1cc2c(cc13)OCO2. The van der Waals surface area contributed by atoms with Gasteiger partial charge in [-0.2, -0.15) is 0 Å². The number of rotatable bonds is 3. The largest absolute Gasteiger partial charge is 0.493 e. The number of nitrogens with zero attached hydrogens (tertiary/aromatic N) is 2. The number of benzene rings is 3. The lowest BCUT2D eigenvalue weighted by Gasteiger charge is -2.66. The maximum absolute atomic E-state index is 7.14. The minimum absolute atomic E-state index is 0.00113. The first kappa shape index (κ1) is 20.9. The molecule has 180 valence electrons. The van der Waals surface area contributed by atoms with Crippen LogP contribution in [-0.2, 0) is 22.5 Å². The Kier molecular flexibility index (Phi) is 4.22. The number of likely N-dealkylation sites (N-methyl/N-ethyl adjacent to an activating group) is 1. The molecule has 0 N–H and O–H groups in total. The number of methoxy groups -OCH3 is 2. The second kappa shape index (κ2) is 7.06. The van der Waals surface area contributed by atoms with Crippen molar-refractivity contribution in [2.75, 3.05) is 33.1 Å². The first-order valence-corrected chi connectivity index (χ1v) is 11.9. The van der Waals surface area contributed by atoms with E-state index in [0.717, 1.165) is 46.2 Å². The van der Waals surface area contributed by atoms with Crippen LogP contribution >= 0.6 is 0 Å². The Labute approximate surface area is 204 Å². The van der Waals surface area contributed by atoms with Gasteiger partial charge in [0.05, 0.1) is 25.9 Å². The van der Waals surface area contributed by atoms with Crippen molar-refractivity contribution in [3.8, 4) is 23.0 Å². The Balaban J connectivity index is 1.50. The third-order valence-electron chi connectivity index (χ3n) is 8.32.